The molecule has 6 nitrogen and oxygen atoms in total. The number of amides is 1. The molecule has 27 heavy (non-hydrogen) atoms. The van der Waals surface area contributed by atoms with Gasteiger partial charge in [-0.2, -0.15) is 0 Å². The summed E-state index contributed by atoms with van der Waals surface area (Å²) in [5.41, 5.74) is 1.03. The standard InChI is InChI=1S/C20H31N4O2S/c1-15-19(21-14-22-20(15)27-3)26-17-8-6-16(7-9-17)12-23(2)13-18(25)24-10-4-5-11-24/h12,14,16-17H,4-11,13H2,1-3H3/q+1. The first kappa shape index (κ1) is 20.1. The maximum Gasteiger partial charge on any atom is 0.288 e. The van der Waals surface area contributed by atoms with E-state index >= 15 is 0 Å². The minimum atomic E-state index is 0.217. The van der Waals surface area contributed by atoms with Crippen LogP contribution < -0.4 is 4.74 Å². The molecule has 0 aromatic carbocycles. The second kappa shape index (κ2) is 9.53. The van der Waals surface area contributed by atoms with Crippen molar-refractivity contribution in [2.24, 2.45) is 5.92 Å². The summed E-state index contributed by atoms with van der Waals surface area (Å²) in [5, 5.41) is 0.978. The van der Waals surface area contributed by atoms with Crippen LogP contribution >= 0.6 is 11.8 Å². The number of nitrogens with zero attached hydrogens (tertiary/aromatic N) is 4. The average Bonchev–Trinajstić information content (AvgIpc) is 3.20. The highest BCUT2D eigenvalue weighted by molar-refractivity contribution is 7.98. The summed E-state index contributed by atoms with van der Waals surface area (Å²) in [4.78, 5) is 22.8. The second-order valence-corrected chi connectivity index (χ2v) is 8.41. The lowest BCUT2D eigenvalue weighted by molar-refractivity contribution is -0.484. The van der Waals surface area contributed by atoms with Crippen LogP contribution in [0.1, 0.15) is 44.1 Å². The Morgan fingerprint density at radius 2 is 2.00 bits per heavy atom. The lowest BCUT2D eigenvalue weighted by Crippen LogP contribution is -2.35. The summed E-state index contributed by atoms with van der Waals surface area (Å²) < 4.78 is 8.24. The Labute approximate surface area is 166 Å². The van der Waals surface area contributed by atoms with Crippen molar-refractivity contribution in [3.8, 4) is 5.88 Å². The fourth-order valence-electron chi connectivity index (χ4n) is 3.95. The number of likely N-dealkylation sites (N-methyl/N-ethyl adjacent to an activating group) is 1. The Kier molecular flexibility index (Phi) is 7.10. The molecule has 1 amide bonds. The molecule has 0 bridgehead atoms. The highest BCUT2D eigenvalue weighted by atomic mass is 32.2. The highest BCUT2D eigenvalue weighted by Gasteiger charge is 2.26. The van der Waals surface area contributed by atoms with Crippen LogP contribution in [0.4, 0.5) is 0 Å². The summed E-state index contributed by atoms with van der Waals surface area (Å²) in [6, 6.07) is 0. The van der Waals surface area contributed by atoms with Crippen molar-refractivity contribution in [2.45, 2.75) is 56.6 Å². The molecule has 3 rings (SSSR count). The van der Waals surface area contributed by atoms with E-state index in [1.165, 1.54) is 0 Å². The lowest BCUT2D eigenvalue weighted by Gasteiger charge is -2.26. The number of hydrogen-bond donors (Lipinski definition) is 0. The van der Waals surface area contributed by atoms with Gasteiger partial charge in [0, 0.05) is 24.6 Å². The van der Waals surface area contributed by atoms with Gasteiger partial charge >= 0.3 is 0 Å². The van der Waals surface area contributed by atoms with Crippen LogP contribution in [0.15, 0.2) is 11.4 Å². The van der Waals surface area contributed by atoms with Crippen molar-refractivity contribution in [1.29, 1.82) is 0 Å². The molecule has 0 unspecified atom stereocenters. The van der Waals surface area contributed by atoms with Gasteiger partial charge in [-0.05, 0) is 51.7 Å². The number of thioether (sulfide) groups is 1. The molecule has 1 aromatic rings. The molecule has 1 saturated carbocycles. The fourth-order valence-corrected chi connectivity index (χ4v) is 4.50. The van der Waals surface area contributed by atoms with Crippen molar-refractivity contribution in [3.05, 3.63) is 11.9 Å². The Morgan fingerprint density at radius 1 is 1.30 bits per heavy atom. The largest absolute Gasteiger partial charge is 0.474 e. The van der Waals surface area contributed by atoms with Gasteiger partial charge in [-0.3, -0.25) is 4.79 Å². The van der Waals surface area contributed by atoms with Crippen LogP contribution in [-0.4, -0.2) is 70.6 Å². The Balaban J connectivity index is 1.47. The van der Waals surface area contributed by atoms with Crippen LogP contribution in [-0.2, 0) is 4.79 Å². The first-order valence-corrected chi connectivity index (χ1v) is 11.1. The van der Waals surface area contributed by atoms with Gasteiger partial charge in [0.25, 0.3) is 5.91 Å². The molecule has 7 heteroatoms. The van der Waals surface area contributed by atoms with E-state index in [9.17, 15) is 4.79 Å². The number of aromatic nitrogens is 2. The smallest absolute Gasteiger partial charge is 0.288 e. The number of carbonyl (C=O) groups excluding carboxylic acids is 1. The van der Waals surface area contributed by atoms with E-state index in [0.29, 0.717) is 12.5 Å². The second-order valence-electron chi connectivity index (χ2n) is 7.62. The molecule has 1 aliphatic carbocycles. The van der Waals surface area contributed by atoms with Gasteiger partial charge in [0.05, 0.1) is 0 Å². The first-order chi connectivity index (χ1) is 13.1. The van der Waals surface area contributed by atoms with Gasteiger partial charge in [-0.15, -0.1) is 11.8 Å². The van der Waals surface area contributed by atoms with E-state index in [-0.39, 0.29) is 12.0 Å². The SMILES string of the molecule is CSc1ncnc(OC2CCC(C=[N+](C)CC(=O)N3CCCC3)CC2)c1C. The van der Waals surface area contributed by atoms with Crippen LogP contribution in [0.5, 0.6) is 5.88 Å². The zero-order valence-corrected chi connectivity index (χ0v) is 17.5. The summed E-state index contributed by atoms with van der Waals surface area (Å²) in [7, 11) is 2.02. The molecule has 0 spiro atoms. The van der Waals surface area contributed by atoms with E-state index in [2.05, 4.69) is 20.8 Å². The normalized spacial score (nSPS) is 23.5. The number of carbonyl (C=O) groups is 1. The molecule has 0 radical (unpaired) electrons. The molecule has 1 aromatic heterocycles. The predicted octanol–water partition coefficient (Wildman–Crippen LogP) is 2.78. The highest BCUT2D eigenvalue weighted by Crippen LogP contribution is 2.29. The number of rotatable bonds is 6. The molecular weight excluding hydrogens is 360 g/mol. The average molecular weight is 392 g/mol. The van der Waals surface area contributed by atoms with Crippen molar-refractivity contribution >= 4 is 23.9 Å². The number of likely N-dealkylation sites (tertiary alicyclic amines) is 1. The number of hydrogen-bond acceptors (Lipinski definition) is 5. The number of ether oxygens (including phenoxy) is 1. The van der Waals surface area contributed by atoms with Gasteiger partial charge in [0.1, 0.15) is 30.7 Å². The Hall–Kier alpha value is -1.63. The van der Waals surface area contributed by atoms with Gasteiger partial charge in [-0.1, -0.05) is 0 Å². The van der Waals surface area contributed by atoms with Crippen molar-refractivity contribution in [3.63, 3.8) is 0 Å². The quantitative estimate of drug-likeness (QED) is 0.323. The van der Waals surface area contributed by atoms with E-state index < -0.39 is 0 Å². The summed E-state index contributed by atoms with van der Waals surface area (Å²) in [6.07, 6.45) is 12.6. The van der Waals surface area contributed by atoms with Gasteiger partial charge in [-0.25, -0.2) is 14.5 Å². The predicted molar refractivity (Wildman–Crippen MR) is 108 cm³/mol. The molecule has 1 aliphatic heterocycles. The Bertz CT molecular complexity index is 681. The fraction of sp³-hybridized carbons (Fsp3) is 0.700. The van der Waals surface area contributed by atoms with Crippen molar-refractivity contribution in [2.75, 3.05) is 32.9 Å². The third kappa shape index (κ3) is 5.43. The molecule has 2 fully saturated rings. The molecule has 0 atom stereocenters. The van der Waals surface area contributed by atoms with Crippen LogP contribution in [0, 0.1) is 12.8 Å². The molecule has 148 valence electrons. The summed E-state index contributed by atoms with van der Waals surface area (Å²) >= 11 is 1.62. The summed E-state index contributed by atoms with van der Waals surface area (Å²) in [6.45, 7) is 4.37. The van der Waals surface area contributed by atoms with E-state index in [1.54, 1.807) is 18.1 Å². The van der Waals surface area contributed by atoms with E-state index in [4.69, 9.17) is 4.74 Å². The lowest BCUT2D eigenvalue weighted by atomic mass is 9.88. The molecule has 2 heterocycles. The Morgan fingerprint density at radius 3 is 2.67 bits per heavy atom. The van der Waals surface area contributed by atoms with E-state index in [0.717, 1.165) is 68.1 Å². The third-order valence-corrected chi connectivity index (χ3v) is 6.29. The van der Waals surface area contributed by atoms with Gasteiger partial charge in [0.2, 0.25) is 12.4 Å². The molecule has 2 aliphatic rings. The maximum atomic E-state index is 12.3. The minimum Gasteiger partial charge on any atom is -0.474 e. The monoisotopic (exact) mass is 391 g/mol. The van der Waals surface area contributed by atoms with Gasteiger partial charge in [0.15, 0.2) is 0 Å². The maximum absolute atomic E-state index is 12.3. The topological polar surface area (TPSA) is 58.3 Å². The molecule has 1 saturated heterocycles. The van der Waals surface area contributed by atoms with Gasteiger partial charge < -0.3 is 9.64 Å². The zero-order chi connectivity index (χ0) is 19.2. The molecular formula is C20H31N4O2S+. The first-order valence-electron chi connectivity index (χ1n) is 9.92. The molecule has 0 N–H and O–H groups in total. The van der Waals surface area contributed by atoms with Crippen molar-refractivity contribution in [1.82, 2.24) is 14.9 Å². The van der Waals surface area contributed by atoms with Crippen LogP contribution in [0.3, 0.4) is 0 Å². The van der Waals surface area contributed by atoms with Crippen LogP contribution in [0.2, 0.25) is 0 Å². The summed E-state index contributed by atoms with van der Waals surface area (Å²) in [5.74, 6) is 1.50. The van der Waals surface area contributed by atoms with E-state index in [1.807, 2.05) is 25.1 Å². The van der Waals surface area contributed by atoms with Crippen molar-refractivity contribution < 1.29 is 14.1 Å². The minimum absolute atomic E-state index is 0.217. The zero-order valence-electron chi connectivity index (χ0n) is 16.7. The van der Waals surface area contributed by atoms with Crippen LogP contribution in [0.25, 0.3) is 0 Å². The third-order valence-electron chi connectivity index (χ3n) is 5.49.